The van der Waals surface area contributed by atoms with Crippen molar-refractivity contribution in [2.75, 3.05) is 0 Å². The van der Waals surface area contributed by atoms with E-state index in [0.717, 1.165) is 5.57 Å². The molecule has 1 fully saturated rings. The molecule has 0 amide bonds. The van der Waals surface area contributed by atoms with Gasteiger partial charge in [0.2, 0.25) is 0 Å². The zero-order valence-corrected chi connectivity index (χ0v) is 10.9. The van der Waals surface area contributed by atoms with Gasteiger partial charge in [0, 0.05) is 6.42 Å². The average Bonchev–Trinajstić information content (AvgIpc) is 2.58. The van der Waals surface area contributed by atoms with Crippen LogP contribution in [0.4, 0.5) is 0 Å². The van der Waals surface area contributed by atoms with Crippen molar-refractivity contribution in [1.29, 1.82) is 0 Å². The maximum Gasteiger partial charge on any atom is 0.303 e. The molecule has 0 saturated carbocycles. The van der Waals surface area contributed by atoms with Crippen molar-refractivity contribution in [3.63, 3.8) is 0 Å². The Kier molecular flexibility index (Phi) is 4.87. The highest BCUT2D eigenvalue weighted by atomic mass is 16.7. The highest BCUT2D eigenvalue weighted by molar-refractivity contribution is 5.67. The summed E-state index contributed by atoms with van der Waals surface area (Å²) in [5, 5.41) is 8.67. The lowest BCUT2D eigenvalue weighted by Crippen LogP contribution is -2.20. The highest BCUT2D eigenvalue weighted by Crippen LogP contribution is 2.30. The molecule has 4 nitrogen and oxygen atoms in total. The lowest BCUT2D eigenvalue weighted by Gasteiger charge is -2.16. The van der Waals surface area contributed by atoms with Crippen LogP contribution in [0.2, 0.25) is 0 Å². The monoisotopic (exact) mass is 252 g/mol. The van der Waals surface area contributed by atoms with Crippen molar-refractivity contribution in [3.8, 4) is 0 Å². The number of carboxylic acid groups (broad SMARTS) is 1. The first-order chi connectivity index (χ1) is 8.38. The Labute approximate surface area is 108 Å². The van der Waals surface area contributed by atoms with Crippen molar-refractivity contribution in [1.82, 2.24) is 0 Å². The summed E-state index contributed by atoms with van der Waals surface area (Å²) in [6.07, 6.45) is 5.23. The summed E-state index contributed by atoms with van der Waals surface area (Å²) in [5.41, 5.74) is 0.843. The molecular formula is C14H20O4. The predicted molar refractivity (Wildman–Crippen MR) is 69.2 cm³/mol. The van der Waals surface area contributed by atoms with Gasteiger partial charge in [0.25, 0.3) is 0 Å². The topological polar surface area (TPSA) is 55.8 Å². The molecule has 1 N–H and O–H groups in total. The van der Waals surface area contributed by atoms with Crippen LogP contribution in [-0.4, -0.2) is 29.1 Å². The molecular weight excluding hydrogens is 232 g/mol. The molecule has 0 aromatic heterocycles. The van der Waals surface area contributed by atoms with Crippen LogP contribution in [0.5, 0.6) is 0 Å². The minimum atomic E-state index is -0.827. The van der Waals surface area contributed by atoms with Gasteiger partial charge in [-0.3, -0.25) is 4.79 Å². The summed E-state index contributed by atoms with van der Waals surface area (Å²) in [6.45, 7) is 11.1. The first-order valence-corrected chi connectivity index (χ1v) is 5.91. The molecule has 0 aromatic carbocycles. The van der Waals surface area contributed by atoms with E-state index in [1.807, 2.05) is 19.9 Å². The average molecular weight is 252 g/mol. The number of carboxylic acids is 1. The van der Waals surface area contributed by atoms with Gasteiger partial charge in [0.05, 0.1) is 0 Å². The van der Waals surface area contributed by atoms with E-state index in [9.17, 15) is 4.79 Å². The third-order valence-electron chi connectivity index (χ3n) is 2.66. The van der Waals surface area contributed by atoms with E-state index < -0.39 is 11.8 Å². The molecule has 0 radical (unpaired) electrons. The zero-order chi connectivity index (χ0) is 13.8. The number of aliphatic carboxylic acids is 1. The van der Waals surface area contributed by atoms with Crippen molar-refractivity contribution in [2.45, 2.75) is 44.7 Å². The molecule has 0 aliphatic carbocycles. The standard InChI is InChI=1S/C14H20O4/c1-5-10(7-8-13(15)16)9-12-11(6-2)17-14(3,4)18-12/h5-6,9,11-12H,1-2,7-8H2,3-4H3,(H,15,16)/b10-9+/t11-,12+/m1/s1. The SMILES string of the molecule is C=C/C(=C\[C@@H]1OC(C)(C)O[C@@H]1C=C)CCC(=O)O. The third kappa shape index (κ3) is 4.13. The van der Waals surface area contributed by atoms with Crippen LogP contribution in [-0.2, 0) is 14.3 Å². The number of carbonyl (C=O) groups is 1. The minimum absolute atomic E-state index is 0.0770. The molecule has 1 aliphatic heterocycles. The Morgan fingerprint density at radius 2 is 1.89 bits per heavy atom. The van der Waals surface area contributed by atoms with E-state index in [2.05, 4.69) is 13.2 Å². The van der Waals surface area contributed by atoms with Crippen molar-refractivity contribution in [3.05, 3.63) is 37.0 Å². The number of rotatable bonds is 6. The molecule has 0 bridgehead atoms. The van der Waals surface area contributed by atoms with E-state index in [1.165, 1.54) is 0 Å². The van der Waals surface area contributed by atoms with Gasteiger partial charge in [0.1, 0.15) is 12.2 Å². The van der Waals surface area contributed by atoms with Crippen molar-refractivity contribution < 1.29 is 19.4 Å². The lowest BCUT2D eigenvalue weighted by molar-refractivity contribution is -0.139. The van der Waals surface area contributed by atoms with Gasteiger partial charge in [0.15, 0.2) is 5.79 Å². The first-order valence-electron chi connectivity index (χ1n) is 5.91. The second-order valence-electron chi connectivity index (χ2n) is 4.64. The molecule has 1 rings (SSSR count). The van der Waals surface area contributed by atoms with Crippen LogP contribution in [0.25, 0.3) is 0 Å². The summed E-state index contributed by atoms with van der Waals surface area (Å²) >= 11 is 0. The molecule has 18 heavy (non-hydrogen) atoms. The van der Waals surface area contributed by atoms with E-state index in [0.29, 0.717) is 6.42 Å². The molecule has 100 valence electrons. The normalized spacial score (nSPS) is 26.9. The first kappa shape index (κ1) is 14.7. The Hall–Kier alpha value is -1.39. The maximum absolute atomic E-state index is 10.5. The van der Waals surface area contributed by atoms with E-state index in [4.69, 9.17) is 14.6 Å². The Bertz CT molecular complexity index is 368. The number of hydrogen-bond donors (Lipinski definition) is 1. The molecule has 0 unspecified atom stereocenters. The van der Waals surface area contributed by atoms with Crippen LogP contribution in [0.15, 0.2) is 37.0 Å². The van der Waals surface area contributed by atoms with E-state index in [1.54, 1.807) is 12.2 Å². The van der Waals surface area contributed by atoms with Crippen LogP contribution in [0, 0.1) is 0 Å². The Morgan fingerprint density at radius 3 is 2.39 bits per heavy atom. The predicted octanol–water partition coefficient (Wildman–Crippen LogP) is 2.67. The molecule has 2 atom stereocenters. The minimum Gasteiger partial charge on any atom is -0.481 e. The Morgan fingerprint density at radius 1 is 1.28 bits per heavy atom. The van der Waals surface area contributed by atoms with Crippen molar-refractivity contribution >= 4 is 5.97 Å². The molecule has 0 aromatic rings. The molecule has 4 heteroatoms. The summed E-state index contributed by atoms with van der Waals surface area (Å²) in [5.74, 6) is -1.48. The van der Waals surface area contributed by atoms with Gasteiger partial charge < -0.3 is 14.6 Å². The van der Waals surface area contributed by atoms with Crippen LogP contribution >= 0.6 is 0 Å². The third-order valence-corrected chi connectivity index (χ3v) is 2.66. The summed E-state index contributed by atoms with van der Waals surface area (Å²) in [6, 6.07) is 0. The fourth-order valence-corrected chi connectivity index (χ4v) is 1.84. The fourth-order valence-electron chi connectivity index (χ4n) is 1.84. The molecule has 0 spiro atoms. The van der Waals surface area contributed by atoms with Gasteiger partial charge in [-0.15, -0.1) is 6.58 Å². The maximum atomic E-state index is 10.5. The highest BCUT2D eigenvalue weighted by Gasteiger charge is 2.38. The fraction of sp³-hybridized carbons (Fsp3) is 0.500. The lowest BCUT2D eigenvalue weighted by atomic mass is 10.1. The second-order valence-corrected chi connectivity index (χ2v) is 4.64. The molecule has 1 aliphatic rings. The van der Waals surface area contributed by atoms with Gasteiger partial charge in [-0.1, -0.05) is 18.7 Å². The van der Waals surface area contributed by atoms with E-state index >= 15 is 0 Å². The molecule has 1 saturated heterocycles. The van der Waals surface area contributed by atoms with Crippen molar-refractivity contribution in [2.24, 2.45) is 0 Å². The van der Waals surface area contributed by atoms with Crippen LogP contribution in [0.3, 0.4) is 0 Å². The molecule has 1 heterocycles. The van der Waals surface area contributed by atoms with Gasteiger partial charge in [-0.25, -0.2) is 0 Å². The smallest absolute Gasteiger partial charge is 0.303 e. The summed E-state index contributed by atoms with van der Waals surface area (Å²) in [4.78, 5) is 10.5. The summed E-state index contributed by atoms with van der Waals surface area (Å²) in [7, 11) is 0. The van der Waals surface area contributed by atoms with Crippen LogP contribution in [0.1, 0.15) is 26.7 Å². The van der Waals surface area contributed by atoms with Crippen LogP contribution < -0.4 is 0 Å². The van der Waals surface area contributed by atoms with Gasteiger partial charge >= 0.3 is 5.97 Å². The second kappa shape index (κ2) is 5.98. The summed E-state index contributed by atoms with van der Waals surface area (Å²) < 4.78 is 11.4. The van der Waals surface area contributed by atoms with Gasteiger partial charge in [-0.2, -0.15) is 0 Å². The number of allylic oxidation sites excluding steroid dienone is 2. The Balaban J connectivity index is 2.75. The van der Waals surface area contributed by atoms with Gasteiger partial charge in [-0.05, 0) is 31.9 Å². The number of ether oxygens (including phenoxy) is 2. The zero-order valence-electron chi connectivity index (χ0n) is 10.9. The quantitative estimate of drug-likeness (QED) is 0.583. The number of hydrogen-bond acceptors (Lipinski definition) is 3. The van der Waals surface area contributed by atoms with E-state index in [-0.39, 0.29) is 18.6 Å². The largest absolute Gasteiger partial charge is 0.481 e.